The van der Waals surface area contributed by atoms with Crippen LogP contribution in [0.1, 0.15) is 48.9 Å². The van der Waals surface area contributed by atoms with Gasteiger partial charge < -0.3 is 10.1 Å². The molecule has 2 aliphatic heterocycles. The van der Waals surface area contributed by atoms with Crippen molar-refractivity contribution in [1.29, 1.82) is 0 Å². The lowest BCUT2D eigenvalue weighted by Crippen LogP contribution is -2.48. The van der Waals surface area contributed by atoms with Crippen LogP contribution in [0.5, 0.6) is 5.75 Å². The zero-order valence-electron chi connectivity index (χ0n) is 20.9. The molecule has 3 heterocycles. The van der Waals surface area contributed by atoms with Crippen molar-refractivity contribution in [2.45, 2.75) is 62.7 Å². The summed E-state index contributed by atoms with van der Waals surface area (Å²) < 4.78 is 85.5. The van der Waals surface area contributed by atoms with E-state index in [0.29, 0.717) is 43.6 Å². The van der Waals surface area contributed by atoms with Crippen LogP contribution in [0.25, 0.3) is 11.3 Å². The standard InChI is InChI=1S/C26H28F6N4O3/c27-20-12-16(6-8-19(20)23(37)35-24(38)22-5-3-10-33-22)21-9-7-18(14-34-21)39-15-36-11-2-1-4-17(36)13-25(28,29)26(30,31)32/h6-9,12,14,17,22,33H,1-5,10-11,13,15H2,(H,35,37,38)/t17-,22?/m0/s1. The van der Waals surface area contributed by atoms with Gasteiger partial charge in [-0.15, -0.1) is 0 Å². The Balaban J connectivity index is 1.35. The molecule has 2 aromatic rings. The average molecular weight is 559 g/mol. The Morgan fingerprint density at radius 2 is 1.87 bits per heavy atom. The van der Waals surface area contributed by atoms with E-state index in [-0.39, 0.29) is 24.5 Å². The molecule has 7 nitrogen and oxygen atoms in total. The van der Waals surface area contributed by atoms with Crippen LogP contribution >= 0.6 is 0 Å². The molecule has 0 spiro atoms. The van der Waals surface area contributed by atoms with Crippen molar-refractivity contribution in [1.82, 2.24) is 20.5 Å². The number of hydrogen-bond donors (Lipinski definition) is 2. The van der Waals surface area contributed by atoms with Crippen molar-refractivity contribution in [3.05, 3.63) is 47.9 Å². The Morgan fingerprint density at radius 3 is 2.51 bits per heavy atom. The maximum Gasteiger partial charge on any atom is 0.453 e. The van der Waals surface area contributed by atoms with E-state index in [1.807, 2.05) is 0 Å². The third kappa shape index (κ3) is 7.07. The summed E-state index contributed by atoms with van der Waals surface area (Å²) in [5.41, 5.74) is 0.405. The Bertz CT molecular complexity index is 1170. The Kier molecular flexibility index (Phi) is 8.80. The van der Waals surface area contributed by atoms with Gasteiger partial charge >= 0.3 is 12.1 Å². The molecule has 13 heteroatoms. The van der Waals surface area contributed by atoms with E-state index in [1.165, 1.54) is 35.4 Å². The molecular formula is C26H28F6N4O3. The lowest BCUT2D eigenvalue weighted by atomic mass is 9.96. The average Bonchev–Trinajstić information content (AvgIpc) is 3.43. The molecule has 2 aliphatic rings. The number of aromatic nitrogens is 1. The second-order valence-corrected chi connectivity index (χ2v) is 9.68. The molecular weight excluding hydrogens is 530 g/mol. The number of nitrogens with one attached hydrogen (secondary N) is 2. The third-order valence-electron chi connectivity index (χ3n) is 6.91. The van der Waals surface area contributed by atoms with Crippen molar-refractivity contribution < 1.29 is 40.7 Å². The number of alkyl halides is 5. The van der Waals surface area contributed by atoms with E-state index < -0.39 is 48.2 Å². The molecule has 1 aromatic carbocycles. The van der Waals surface area contributed by atoms with Gasteiger partial charge in [-0.3, -0.25) is 24.8 Å². The van der Waals surface area contributed by atoms with Crippen LogP contribution in [0.15, 0.2) is 36.5 Å². The third-order valence-corrected chi connectivity index (χ3v) is 6.91. The van der Waals surface area contributed by atoms with Gasteiger partial charge in [-0.1, -0.05) is 12.5 Å². The molecule has 0 saturated carbocycles. The smallest absolute Gasteiger partial charge is 0.453 e. The van der Waals surface area contributed by atoms with Gasteiger partial charge in [0.05, 0.1) is 23.5 Å². The van der Waals surface area contributed by atoms with Crippen molar-refractivity contribution in [2.24, 2.45) is 0 Å². The highest BCUT2D eigenvalue weighted by Gasteiger charge is 2.58. The number of likely N-dealkylation sites (tertiary alicyclic amines) is 1. The fraction of sp³-hybridized carbons (Fsp3) is 0.500. The number of nitrogens with zero attached hydrogens (tertiary/aromatic N) is 2. The summed E-state index contributed by atoms with van der Waals surface area (Å²) in [4.78, 5) is 30.1. The molecule has 0 bridgehead atoms. The number of pyridine rings is 1. The minimum Gasteiger partial charge on any atom is -0.477 e. The zero-order valence-corrected chi connectivity index (χ0v) is 20.9. The second kappa shape index (κ2) is 11.9. The van der Waals surface area contributed by atoms with Gasteiger partial charge in [0.2, 0.25) is 5.91 Å². The highest BCUT2D eigenvalue weighted by Crippen LogP contribution is 2.41. The minimum atomic E-state index is -5.61. The van der Waals surface area contributed by atoms with Crippen LogP contribution in [0.4, 0.5) is 26.3 Å². The fourth-order valence-electron chi connectivity index (χ4n) is 4.70. The Hall–Kier alpha value is -3.19. The van der Waals surface area contributed by atoms with E-state index in [1.54, 1.807) is 0 Å². The topological polar surface area (TPSA) is 83.6 Å². The second-order valence-electron chi connectivity index (χ2n) is 9.68. The molecule has 39 heavy (non-hydrogen) atoms. The van der Waals surface area contributed by atoms with Crippen LogP contribution in [-0.2, 0) is 4.79 Å². The fourth-order valence-corrected chi connectivity index (χ4v) is 4.70. The van der Waals surface area contributed by atoms with E-state index in [4.69, 9.17) is 4.74 Å². The number of benzene rings is 1. The molecule has 2 N–H and O–H groups in total. The van der Waals surface area contributed by atoms with Gasteiger partial charge in [-0.2, -0.15) is 22.0 Å². The first-order valence-corrected chi connectivity index (χ1v) is 12.6. The van der Waals surface area contributed by atoms with Crippen LogP contribution in [-0.4, -0.2) is 65.7 Å². The summed E-state index contributed by atoms with van der Waals surface area (Å²) in [5.74, 6) is -6.74. The summed E-state index contributed by atoms with van der Waals surface area (Å²) in [6.07, 6.45) is -2.80. The monoisotopic (exact) mass is 558 g/mol. The molecule has 4 rings (SSSR count). The summed E-state index contributed by atoms with van der Waals surface area (Å²) in [6.45, 7) is 0.811. The number of carbonyl (C=O) groups is 2. The summed E-state index contributed by atoms with van der Waals surface area (Å²) >= 11 is 0. The van der Waals surface area contributed by atoms with Crippen molar-refractivity contribution in [3.8, 4) is 17.0 Å². The quantitative estimate of drug-likeness (QED) is 0.362. The normalized spacial score (nSPS) is 20.6. The van der Waals surface area contributed by atoms with Gasteiger partial charge in [-0.05, 0) is 56.5 Å². The van der Waals surface area contributed by atoms with Gasteiger partial charge in [0.25, 0.3) is 5.91 Å². The van der Waals surface area contributed by atoms with Crippen molar-refractivity contribution in [2.75, 3.05) is 19.8 Å². The number of amides is 2. The van der Waals surface area contributed by atoms with Gasteiger partial charge in [-0.25, -0.2) is 4.39 Å². The Labute approximate surface area is 220 Å². The van der Waals surface area contributed by atoms with Gasteiger partial charge in [0.1, 0.15) is 18.3 Å². The van der Waals surface area contributed by atoms with Crippen LogP contribution in [0.2, 0.25) is 0 Å². The maximum absolute atomic E-state index is 14.7. The minimum absolute atomic E-state index is 0.187. The number of carbonyl (C=O) groups excluding carboxylic acids is 2. The summed E-state index contributed by atoms with van der Waals surface area (Å²) in [7, 11) is 0. The number of hydrogen-bond acceptors (Lipinski definition) is 6. The van der Waals surface area contributed by atoms with Crippen molar-refractivity contribution >= 4 is 11.8 Å². The van der Waals surface area contributed by atoms with E-state index >= 15 is 0 Å². The molecule has 2 saturated heterocycles. The predicted molar refractivity (Wildman–Crippen MR) is 129 cm³/mol. The number of piperidine rings is 1. The molecule has 2 atom stereocenters. The summed E-state index contributed by atoms with van der Waals surface area (Å²) in [6, 6.07) is 5.39. The van der Waals surface area contributed by atoms with Crippen LogP contribution in [0.3, 0.4) is 0 Å². The molecule has 1 unspecified atom stereocenters. The molecule has 1 aromatic heterocycles. The van der Waals surface area contributed by atoms with Gasteiger partial charge in [0, 0.05) is 24.6 Å². The van der Waals surface area contributed by atoms with E-state index in [0.717, 1.165) is 12.5 Å². The van der Waals surface area contributed by atoms with E-state index in [9.17, 15) is 35.9 Å². The lowest BCUT2D eigenvalue weighted by molar-refractivity contribution is -0.289. The highest BCUT2D eigenvalue weighted by molar-refractivity contribution is 6.06. The zero-order chi connectivity index (χ0) is 28.2. The number of halogens is 6. The SMILES string of the molecule is O=C(NC(=O)C1CCCN1)c1ccc(-c2ccc(OCN3CCCC[C@H]3CC(F)(F)C(F)(F)F)cn2)cc1F. The molecule has 212 valence electrons. The van der Waals surface area contributed by atoms with Crippen LogP contribution < -0.4 is 15.4 Å². The highest BCUT2D eigenvalue weighted by atomic mass is 19.4. The Morgan fingerprint density at radius 1 is 1.08 bits per heavy atom. The first-order valence-electron chi connectivity index (χ1n) is 12.6. The number of ether oxygens (including phenoxy) is 1. The van der Waals surface area contributed by atoms with Crippen LogP contribution in [0, 0.1) is 5.82 Å². The first kappa shape index (κ1) is 28.8. The largest absolute Gasteiger partial charge is 0.477 e. The maximum atomic E-state index is 14.7. The number of rotatable bonds is 8. The molecule has 0 aliphatic carbocycles. The van der Waals surface area contributed by atoms with Gasteiger partial charge in [0.15, 0.2) is 0 Å². The lowest BCUT2D eigenvalue weighted by Gasteiger charge is -2.37. The van der Waals surface area contributed by atoms with E-state index in [2.05, 4.69) is 15.6 Å². The molecule has 2 fully saturated rings. The molecule has 2 amide bonds. The number of imide groups is 1. The molecule has 0 radical (unpaired) electrons. The first-order chi connectivity index (χ1) is 18.4. The van der Waals surface area contributed by atoms with Crippen molar-refractivity contribution in [3.63, 3.8) is 0 Å². The predicted octanol–water partition coefficient (Wildman–Crippen LogP) is 4.67. The summed E-state index contributed by atoms with van der Waals surface area (Å²) in [5, 5.41) is 5.15.